The zero-order valence-electron chi connectivity index (χ0n) is 21.5. The number of aryl methyl sites for hydroxylation is 1. The number of carboxylic acid groups (broad SMARTS) is 2. The highest BCUT2D eigenvalue weighted by molar-refractivity contribution is 9.10. The molecule has 2 heterocycles. The van der Waals surface area contributed by atoms with E-state index in [9.17, 15) is 24.6 Å². The first-order valence-corrected chi connectivity index (χ1v) is 13.5. The predicted octanol–water partition coefficient (Wildman–Crippen LogP) is 5.89. The molecule has 0 bridgehead atoms. The molecule has 200 valence electrons. The molecule has 1 saturated carbocycles. The van der Waals surface area contributed by atoms with Crippen LogP contribution in [0.5, 0.6) is 0 Å². The number of carbonyl (C=O) groups is 2. The highest BCUT2D eigenvalue weighted by Crippen LogP contribution is 2.32. The minimum absolute atomic E-state index is 0.121. The molecule has 2 aromatic heterocycles. The van der Waals surface area contributed by atoms with Gasteiger partial charge in [-0.1, -0.05) is 35.2 Å². The number of hydrogen-bond acceptors (Lipinski definition) is 5. The van der Waals surface area contributed by atoms with E-state index < -0.39 is 11.9 Å². The quantitative estimate of drug-likeness (QED) is 0.269. The van der Waals surface area contributed by atoms with Crippen LogP contribution in [-0.2, 0) is 0 Å². The Balaban J connectivity index is 1.62. The molecule has 1 aliphatic carbocycles. The molecule has 9 nitrogen and oxygen atoms in total. The van der Waals surface area contributed by atoms with Gasteiger partial charge in [-0.15, -0.1) is 0 Å². The largest absolute Gasteiger partial charge is 0.478 e. The van der Waals surface area contributed by atoms with Gasteiger partial charge >= 0.3 is 11.9 Å². The maximum Gasteiger partial charge on any atom is 0.335 e. The van der Waals surface area contributed by atoms with Crippen LogP contribution in [0.15, 0.2) is 56.8 Å². The Morgan fingerprint density at radius 3 is 2.31 bits per heavy atom. The average molecular weight is 591 g/mol. The van der Waals surface area contributed by atoms with E-state index in [1.54, 1.807) is 16.8 Å². The molecular weight excluding hydrogens is 564 g/mol. The lowest BCUT2D eigenvalue weighted by molar-refractivity contribution is 0.0696. The molecule has 2 N–H and O–H groups in total. The first kappa shape index (κ1) is 26.6. The molecule has 4 aromatic rings. The number of halogens is 1. The Bertz CT molecular complexity index is 1680. The third-order valence-corrected chi connectivity index (χ3v) is 7.75. The summed E-state index contributed by atoms with van der Waals surface area (Å²) < 4.78 is 3.97. The maximum absolute atomic E-state index is 13.6. The highest BCUT2D eigenvalue weighted by atomic mass is 79.9. The molecule has 0 atom stereocenters. The molecule has 0 amide bonds. The zero-order chi connectivity index (χ0) is 27.8. The Labute approximate surface area is 232 Å². The van der Waals surface area contributed by atoms with Gasteiger partial charge in [0.25, 0.3) is 5.56 Å². The van der Waals surface area contributed by atoms with E-state index in [4.69, 9.17) is 4.98 Å². The number of aromatic nitrogens is 3. The van der Waals surface area contributed by atoms with Crippen molar-refractivity contribution in [2.45, 2.75) is 51.9 Å². The van der Waals surface area contributed by atoms with Crippen molar-refractivity contribution < 1.29 is 19.8 Å². The third-order valence-electron chi connectivity index (χ3n) is 7.26. The molecule has 2 aromatic carbocycles. The molecule has 0 saturated heterocycles. The molecule has 1 aliphatic rings. The molecule has 1 fully saturated rings. The summed E-state index contributed by atoms with van der Waals surface area (Å²) in [4.78, 5) is 41.8. The van der Waals surface area contributed by atoms with E-state index in [1.165, 1.54) is 23.2 Å². The number of hydrogen-bond donors (Lipinski definition) is 2. The van der Waals surface area contributed by atoms with Crippen molar-refractivity contribution >= 4 is 45.0 Å². The summed E-state index contributed by atoms with van der Waals surface area (Å²) in [7, 11) is 0. The van der Waals surface area contributed by atoms with Gasteiger partial charge in [0.15, 0.2) is 0 Å². The third kappa shape index (κ3) is 5.16. The minimum Gasteiger partial charge on any atom is -0.478 e. The molecule has 0 aliphatic heterocycles. The van der Waals surface area contributed by atoms with Gasteiger partial charge in [-0.2, -0.15) is 9.78 Å². The highest BCUT2D eigenvalue weighted by Gasteiger charge is 2.23. The fourth-order valence-corrected chi connectivity index (χ4v) is 5.69. The van der Waals surface area contributed by atoms with Gasteiger partial charge in [0.2, 0.25) is 0 Å². The van der Waals surface area contributed by atoms with Crippen LogP contribution in [0.25, 0.3) is 16.6 Å². The topological polar surface area (TPSA) is 127 Å². The molecule has 39 heavy (non-hydrogen) atoms. The molecule has 0 spiro atoms. The van der Waals surface area contributed by atoms with Gasteiger partial charge in [0.1, 0.15) is 5.82 Å². The molecule has 0 radical (unpaired) electrons. The van der Waals surface area contributed by atoms with Crippen LogP contribution in [0.3, 0.4) is 0 Å². The lowest BCUT2D eigenvalue weighted by Gasteiger charge is -2.22. The van der Waals surface area contributed by atoms with E-state index in [0.29, 0.717) is 28.0 Å². The Hall–Kier alpha value is -4.05. The van der Waals surface area contributed by atoms with Crippen LogP contribution < -0.4 is 5.56 Å². The maximum atomic E-state index is 13.6. The van der Waals surface area contributed by atoms with Crippen LogP contribution in [0.1, 0.15) is 81.5 Å². The Morgan fingerprint density at radius 1 is 1.00 bits per heavy atom. The van der Waals surface area contributed by atoms with Crippen molar-refractivity contribution in [2.75, 3.05) is 0 Å². The van der Waals surface area contributed by atoms with Crippen molar-refractivity contribution in [2.24, 2.45) is 5.10 Å². The average Bonchev–Trinajstić information content (AvgIpc) is 3.20. The SMILES string of the molecule is Cc1cc(C=Nn2c(C3CCCCC3)nc3ccc(Br)cc3c2=O)c(C)n1-c1cc(C(=O)O)cc(C(=O)O)c1. The number of fused-ring (bicyclic) bond motifs is 1. The number of rotatable bonds is 6. The normalized spacial score (nSPS) is 14.3. The number of aromatic carboxylic acids is 2. The fraction of sp³-hybridized carbons (Fsp3) is 0.276. The van der Waals surface area contributed by atoms with Crippen LogP contribution in [0, 0.1) is 13.8 Å². The van der Waals surface area contributed by atoms with Crippen LogP contribution >= 0.6 is 15.9 Å². The van der Waals surface area contributed by atoms with E-state index in [-0.39, 0.29) is 22.6 Å². The molecule has 0 unspecified atom stereocenters. The summed E-state index contributed by atoms with van der Waals surface area (Å²) in [5, 5.41) is 24.1. The monoisotopic (exact) mass is 590 g/mol. The predicted molar refractivity (Wildman–Crippen MR) is 152 cm³/mol. The summed E-state index contributed by atoms with van der Waals surface area (Å²) in [5.41, 5.74) is 2.76. The second-order valence-electron chi connectivity index (χ2n) is 9.87. The van der Waals surface area contributed by atoms with Gasteiger partial charge in [-0.05, 0) is 69.2 Å². The van der Waals surface area contributed by atoms with Gasteiger partial charge < -0.3 is 14.8 Å². The molecule has 10 heteroatoms. The number of nitrogens with zero attached hydrogens (tertiary/aromatic N) is 4. The molecule has 5 rings (SSSR count). The van der Waals surface area contributed by atoms with Crippen molar-refractivity contribution in [1.82, 2.24) is 14.2 Å². The number of carboxylic acids is 2. The van der Waals surface area contributed by atoms with Gasteiger partial charge in [-0.25, -0.2) is 14.6 Å². The zero-order valence-corrected chi connectivity index (χ0v) is 23.1. The lowest BCUT2D eigenvalue weighted by atomic mass is 9.88. The minimum atomic E-state index is -1.21. The van der Waals surface area contributed by atoms with Crippen molar-refractivity contribution in [3.63, 3.8) is 0 Å². The molecular formula is C29H27BrN4O5. The summed E-state index contributed by atoms with van der Waals surface area (Å²) in [6, 6.07) is 11.3. The van der Waals surface area contributed by atoms with Crippen LogP contribution in [-0.4, -0.2) is 42.6 Å². The van der Waals surface area contributed by atoms with E-state index in [2.05, 4.69) is 21.0 Å². The first-order valence-electron chi connectivity index (χ1n) is 12.7. The second kappa shape index (κ2) is 10.6. The number of benzene rings is 2. The Morgan fingerprint density at radius 2 is 1.67 bits per heavy atom. The van der Waals surface area contributed by atoms with Gasteiger partial charge in [0.05, 0.1) is 28.2 Å². The summed E-state index contributed by atoms with van der Waals surface area (Å²) in [6.07, 6.45) is 6.84. The van der Waals surface area contributed by atoms with Crippen molar-refractivity contribution in [3.05, 3.63) is 91.2 Å². The summed E-state index contributed by atoms with van der Waals surface area (Å²) in [5.74, 6) is -1.64. The van der Waals surface area contributed by atoms with E-state index >= 15 is 0 Å². The van der Waals surface area contributed by atoms with Crippen LogP contribution in [0.2, 0.25) is 0 Å². The van der Waals surface area contributed by atoms with E-state index in [1.807, 2.05) is 32.0 Å². The lowest BCUT2D eigenvalue weighted by Crippen LogP contribution is -2.25. The Kier molecular flexibility index (Phi) is 7.22. The van der Waals surface area contributed by atoms with Gasteiger partial charge in [0, 0.05) is 33.0 Å². The van der Waals surface area contributed by atoms with Gasteiger partial charge in [-0.3, -0.25) is 4.79 Å². The smallest absolute Gasteiger partial charge is 0.335 e. The first-order chi connectivity index (χ1) is 18.6. The van der Waals surface area contributed by atoms with E-state index in [0.717, 1.165) is 47.6 Å². The second-order valence-corrected chi connectivity index (χ2v) is 10.8. The fourth-order valence-electron chi connectivity index (χ4n) is 5.33. The van der Waals surface area contributed by atoms with Crippen molar-refractivity contribution in [3.8, 4) is 5.69 Å². The summed E-state index contributed by atoms with van der Waals surface area (Å²) >= 11 is 3.44. The summed E-state index contributed by atoms with van der Waals surface area (Å²) in [6.45, 7) is 3.68. The van der Waals surface area contributed by atoms with Crippen molar-refractivity contribution in [1.29, 1.82) is 0 Å². The standard InChI is InChI=1S/C29H27BrN4O5/c1-16-10-21(17(2)33(16)23-12-19(28(36)37)11-20(13-23)29(38)39)15-31-34-26(18-6-4-3-5-7-18)32-25-9-8-22(30)14-24(25)27(34)35/h8-15,18H,3-7H2,1-2H3,(H,36,37)(H,38,39). The van der Waals surface area contributed by atoms with Crippen LogP contribution in [0.4, 0.5) is 0 Å².